The second kappa shape index (κ2) is 5.23. The lowest BCUT2D eigenvalue weighted by Crippen LogP contribution is -1.88. The smallest absolute Gasteiger partial charge is 0.123 e. The molecule has 0 spiro atoms. The van der Waals surface area contributed by atoms with Crippen LogP contribution in [0.3, 0.4) is 0 Å². The summed E-state index contributed by atoms with van der Waals surface area (Å²) in [6.07, 6.45) is 0. The van der Waals surface area contributed by atoms with Gasteiger partial charge in [-0.3, -0.25) is 0 Å². The van der Waals surface area contributed by atoms with Crippen molar-refractivity contribution in [3.63, 3.8) is 0 Å². The number of rotatable bonds is 2. The van der Waals surface area contributed by atoms with E-state index in [2.05, 4.69) is 15.9 Å². The number of halogens is 3. The zero-order valence-corrected chi connectivity index (χ0v) is 10.4. The van der Waals surface area contributed by atoms with Crippen LogP contribution < -0.4 is 0 Å². The Kier molecular flexibility index (Phi) is 3.69. The summed E-state index contributed by atoms with van der Waals surface area (Å²) in [7, 11) is 0. The van der Waals surface area contributed by atoms with Crippen molar-refractivity contribution in [3.05, 3.63) is 76.3 Å². The van der Waals surface area contributed by atoms with Gasteiger partial charge >= 0.3 is 0 Å². The molecule has 0 aromatic heterocycles. The molecule has 0 bridgehead atoms. The average Bonchev–Trinajstić information content (AvgIpc) is 2.35. The third-order valence-electron chi connectivity index (χ3n) is 2.42. The predicted octanol–water partition coefficient (Wildman–Crippen LogP) is 4.75. The highest BCUT2D eigenvalue weighted by Gasteiger charge is 2.04. The van der Waals surface area contributed by atoms with Crippen LogP contribution in [0.25, 0.3) is 5.57 Å². The maximum Gasteiger partial charge on any atom is 0.123 e. The van der Waals surface area contributed by atoms with Gasteiger partial charge in [-0.15, -0.1) is 0 Å². The van der Waals surface area contributed by atoms with Crippen LogP contribution in [0.1, 0.15) is 11.1 Å². The molecule has 0 heterocycles. The summed E-state index contributed by atoms with van der Waals surface area (Å²) < 4.78 is 25.7. The van der Waals surface area contributed by atoms with Gasteiger partial charge in [-0.25, -0.2) is 8.78 Å². The van der Waals surface area contributed by atoms with Crippen molar-refractivity contribution in [1.82, 2.24) is 0 Å². The lowest BCUT2D eigenvalue weighted by atomic mass is 10.00. The van der Waals surface area contributed by atoms with E-state index in [0.717, 1.165) is 16.7 Å². The minimum atomic E-state index is -0.276. The first kappa shape index (κ1) is 12.0. The standard InChI is InChI=1S/C14H9BrF2/c15-9-14(10-1-5-12(16)6-2-10)11-3-7-13(17)8-4-11/h1-9H. The lowest BCUT2D eigenvalue weighted by Gasteiger charge is -2.07. The fourth-order valence-electron chi connectivity index (χ4n) is 1.55. The molecule has 0 nitrogen and oxygen atoms in total. The quantitative estimate of drug-likeness (QED) is 0.750. The van der Waals surface area contributed by atoms with Crippen LogP contribution in [0.2, 0.25) is 0 Å². The summed E-state index contributed by atoms with van der Waals surface area (Å²) in [5.41, 5.74) is 2.62. The van der Waals surface area contributed by atoms with Gasteiger partial charge in [-0.2, -0.15) is 0 Å². The van der Waals surface area contributed by atoms with Crippen molar-refractivity contribution in [2.75, 3.05) is 0 Å². The highest BCUT2D eigenvalue weighted by atomic mass is 79.9. The largest absolute Gasteiger partial charge is 0.207 e. The van der Waals surface area contributed by atoms with E-state index in [-0.39, 0.29) is 11.6 Å². The summed E-state index contributed by atoms with van der Waals surface area (Å²) >= 11 is 3.28. The molecule has 2 aromatic rings. The number of hydrogen-bond donors (Lipinski definition) is 0. The topological polar surface area (TPSA) is 0 Å². The van der Waals surface area contributed by atoms with E-state index in [0.29, 0.717) is 0 Å². The normalized spacial score (nSPS) is 10.1. The predicted molar refractivity (Wildman–Crippen MR) is 68.8 cm³/mol. The minimum absolute atomic E-state index is 0.276. The highest BCUT2D eigenvalue weighted by Crippen LogP contribution is 2.25. The van der Waals surface area contributed by atoms with Crippen LogP contribution in [0, 0.1) is 11.6 Å². The fourth-order valence-corrected chi connectivity index (χ4v) is 2.08. The molecular formula is C14H9BrF2. The van der Waals surface area contributed by atoms with E-state index in [1.807, 2.05) is 0 Å². The Balaban J connectivity index is 2.41. The molecule has 0 fully saturated rings. The van der Waals surface area contributed by atoms with Gasteiger partial charge in [0.15, 0.2) is 0 Å². The van der Waals surface area contributed by atoms with Gasteiger partial charge in [0.05, 0.1) is 0 Å². The van der Waals surface area contributed by atoms with Crippen LogP contribution in [-0.2, 0) is 0 Å². The molecular weight excluding hydrogens is 286 g/mol. The molecule has 2 aromatic carbocycles. The summed E-state index contributed by atoms with van der Waals surface area (Å²) in [6.45, 7) is 0. The SMILES string of the molecule is Fc1ccc(C(=CBr)c2ccc(F)cc2)cc1. The summed E-state index contributed by atoms with van der Waals surface area (Å²) in [5, 5.41) is 0. The Hall–Kier alpha value is -1.48. The third-order valence-corrected chi connectivity index (χ3v) is 2.88. The van der Waals surface area contributed by atoms with E-state index >= 15 is 0 Å². The van der Waals surface area contributed by atoms with E-state index in [1.54, 1.807) is 29.3 Å². The Labute approximate surface area is 107 Å². The first-order valence-corrected chi connectivity index (χ1v) is 5.94. The van der Waals surface area contributed by atoms with Gasteiger partial charge in [-0.05, 0) is 46.0 Å². The molecule has 0 atom stereocenters. The van der Waals surface area contributed by atoms with Crippen LogP contribution >= 0.6 is 15.9 Å². The minimum Gasteiger partial charge on any atom is -0.207 e. The van der Waals surface area contributed by atoms with Gasteiger partial charge in [0.2, 0.25) is 0 Å². The molecule has 0 aliphatic heterocycles. The number of hydrogen-bond acceptors (Lipinski definition) is 0. The maximum absolute atomic E-state index is 12.8. The average molecular weight is 295 g/mol. The number of benzene rings is 2. The Morgan fingerprint density at radius 2 is 1.12 bits per heavy atom. The van der Waals surface area contributed by atoms with E-state index in [4.69, 9.17) is 0 Å². The molecule has 0 saturated heterocycles. The lowest BCUT2D eigenvalue weighted by molar-refractivity contribution is 0.627. The molecule has 0 unspecified atom stereocenters. The highest BCUT2D eigenvalue weighted by molar-refractivity contribution is 9.11. The first-order valence-electron chi connectivity index (χ1n) is 5.03. The first-order chi connectivity index (χ1) is 8.20. The Morgan fingerprint density at radius 3 is 1.41 bits per heavy atom. The van der Waals surface area contributed by atoms with Gasteiger partial charge in [0, 0.05) is 0 Å². The van der Waals surface area contributed by atoms with Gasteiger partial charge < -0.3 is 0 Å². The van der Waals surface area contributed by atoms with E-state index < -0.39 is 0 Å². The molecule has 0 aliphatic carbocycles. The maximum atomic E-state index is 12.8. The van der Waals surface area contributed by atoms with Crippen molar-refractivity contribution in [3.8, 4) is 0 Å². The molecule has 0 amide bonds. The molecule has 86 valence electrons. The zero-order valence-electron chi connectivity index (χ0n) is 8.83. The van der Waals surface area contributed by atoms with E-state index in [1.165, 1.54) is 24.3 Å². The van der Waals surface area contributed by atoms with Crippen molar-refractivity contribution in [2.24, 2.45) is 0 Å². The summed E-state index contributed by atoms with van der Waals surface area (Å²) in [4.78, 5) is 1.74. The van der Waals surface area contributed by atoms with Crippen molar-refractivity contribution >= 4 is 21.5 Å². The summed E-state index contributed by atoms with van der Waals surface area (Å²) in [5.74, 6) is -0.552. The van der Waals surface area contributed by atoms with Gasteiger partial charge in [0.25, 0.3) is 0 Å². The monoisotopic (exact) mass is 294 g/mol. The molecule has 0 aliphatic rings. The molecule has 0 radical (unpaired) electrons. The molecule has 0 N–H and O–H groups in total. The molecule has 17 heavy (non-hydrogen) atoms. The van der Waals surface area contributed by atoms with Crippen molar-refractivity contribution in [1.29, 1.82) is 0 Å². The second-order valence-electron chi connectivity index (χ2n) is 3.54. The third kappa shape index (κ3) is 2.80. The molecule has 3 heteroatoms. The van der Waals surface area contributed by atoms with Gasteiger partial charge in [0.1, 0.15) is 11.6 Å². The fraction of sp³-hybridized carbons (Fsp3) is 0. The van der Waals surface area contributed by atoms with Crippen molar-refractivity contribution in [2.45, 2.75) is 0 Å². The Morgan fingerprint density at radius 1 is 0.765 bits per heavy atom. The van der Waals surface area contributed by atoms with Crippen LogP contribution in [0.5, 0.6) is 0 Å². The van der Waals surface area contributed by atoms with Crippen LogP contribution in [-0.4, -0.2) is 0 Å². The van der Waals surface area contributed by atoms with Crippen LogP contribution in [0.4, 0.5) is 8.78 Å². The zero-order chi connectivity index (χ0) is 12.3. The van der Waals surface area contributed by atoms with Gasteiger partial charge in [-0.1, -0.05) is 40.2 Å². The molecule has 0 saturated carbocycles. The second-order valence-corrected chi connectivity index (χ2v) is 3.99. The Bertz CT molecular complexity index is 480. The van der Waals surface area contributed by atoms with E-state index in [9.17, 15) is 8.78 Å². The van der Waals surface area contributed by atoms with Crippen molar-refractivity contribution < 1.29 is 8.78 Å². The summed E-state index contributed by atoms with van der Waals surface area (Å²) in [6, 6.07) is 12.3. The van der Waals surface area contributed by atoms with Crippen LogP contribution in [0.15, 0.2) is 53.5 Å². The molecule has 2 rings (SSSR count).